The van der Waals surface area contributed by atoms with Crippen LogP contribution in [-0.4, -0.2) is 65.8 Å². The maximum absolute atomic E-state index is 13.0. The first-order valence-electron chi connectivity index (χ1n) is 8.80. The molecular weight excluding hydrogens is 380 g/mol. The van der Waals surface area contributed by atoms with Crippen molar-refractivity contribution in [2.45, 2.75) is 4.90 Å². The molecule has 146 valence electrons. The molecule has 4 rings (SSSR count). The van der Waals surface area contributed by atoms with Gasteiger partial charge in [-0.3, -0.25) is 0 Å². The van der Waals surface area contributed by atoms with Gasteiger partial charge in [-0.1, -0.05) is 12.1 Å². The SMILES string of the molecule is COc1ccccc1S(=O)(=O)N1CCN(c2cc(-n3cccn3)ncn2)CC1. The van der Waals surface area contributed by atoms with Crippen LogP contribution in [-0.2, 0) is 10.0 Å². The zero-order valence-electron chi connectivity index (χ0n) is 15.3. The lowest BCUT2D eigenvalue weighted by Crippen LogP contribution is -2.49. The fraction of sp³-hybridized carbons (Fsp3) is 0.278. The van der Waals surface area contributed by atoms with E-state index in [9.17, 15) is 8.42 Å². The van der Waals surface area contributed by atoms with Crippen molar-refractivity contribution < 1.29 is 13.2 Å². The fourth-order valence-electron chi connectivity index (χ4n) is 3.17. The van der Waals surface area contributed by atoms with Gasteiger partial charge in [0.1, 0.15) is 22.8 Å². The molecule has 0 aliphatic carbocycles. The van der Waals surface area contributed by atoms with Crippen molar-refractivity contribution in [3.8, 4) is 11.6 Å². The lowest BCUT2D eigenvalue weighted by Gasteiger charge is -2.34. The summed E-state index contributed by atoms with van der Waals surface area (Å²) in [6.45, 7) is 1.79. The van der Waals surface area contributed by atoms with Crippen molar-refractivity contribution in [3.05, 3.63) is 55.1 Å². The number of nitrogens with zero attached hydrogens (tertiary/aromatic N) is 6. The monoisotopic (exact) mass is 400 g/mol. The van der Waals surface area contributed by atoms with Crippen LogP contribution in [0.2, 0.25) is 0 Å². The number of methoxy groups -OCH3 is 1. The van der Waals surface area contributed by atoms with Crippen molar-refractivity contribution in [3.63, 3.8) is 0 Å². The first-order chi connectivity index (χ1) is 13.6. The van der Waals surface area contributed by atoms with Crippen LogP contribution in [0.4, 0.5) is 5.82 Å². The molecule has 2 aromatic heterocycles. The quantitative estimate of drug-likeness (QED) is 0.635. The van der Waals surface area contributed by atoms with Gasteiger partial charge in [-0.15, -0.1) is 0 Å². The first kappa shape index (κ1) is 18.4. The zero-order valence-corrected chi connectivity index (χ0v) is 16.2. The van der Waals surface area contributed by atoms with Gasteiger partial charge in [-0.05, 0) is 18.2 Å². The molecule has 0 spiro atoms. The number of benzene rings is 1. The molecule has 3 aromatic rings. The van der Waals surface area contributed by atoms with E-state index in [1.165, 1.54) is 17.7 Å². The number of sulfonamides is 1. The average molecular weight is 400 g/mol. The lowest BCUT2D eigenvalue weighted by atomic mass is 10.3. The minimum Gasteiger partial charge on any atom is -0.495 e. The van der Waals surface area contributed by atoms with E-state index in [0.717, 1.165) is 5.82 Å². The second-order valence-electron chi connectivity index (χ2n) is 6.23. The Hall–Kier alpha value is -2.98. The summed E-state index contributed by atoms with van der Waals surface area (Å²) in [5.74, 6) is 1.76. The summed E-state index contributed by atoms with van der Waals surface area (Å²) >= 11 is 0. The number of ether oxygens (including phenoxy) is 1. The van der Waals surface area contributed by atoms with Gasteiger partial charge in [0.25, 0.3) is 0 Å². The third-order valence-electron chi connectivity index (χ3n) is 4.63. The zero-order chi connectivity index (χ0) is 19.6. The second-order valence-corrected chi connectivity index (χ2v) is 8.13. The molecule has 0 atom stereocenters. The maximum atomic E-state index is 13.0. The number of hydrogen-bond acceptors (Lipinski definition) is 7. The van der Waals surface area contributed by atoms with E-state index in [4.69, 9.17) is 4.74 Å². The molecule has 10 heteroatoms. The molecule has 0 radical (unpaired) electrons. The highest BCUT2D eigenvalue weighted by molar-refractivity contribution is 7.89. The Kier molecular flexibility index (Phi) is 4.97. The van der Waals surface area contributed by atoms with E-state index >= 15 is 0 Å². The van der Waals surface area contributed by atoms with E-state index < -0.39 is 10.0 Å². The number of hydrogen-bond donors (Lipinski definition) is 0. The standard InChI is InChI=1S/C18H20N6O3S/c1-27-15-5-2-3-6-16(15)28(25,26)23-11-9-22(10-12-23)17-13-18(20-14-19-17)24-8-4-7-21-24/h2-8,13-14H,9-12H2,1H3. The van der Waals surface area contributed by atoms with E-state index in [-0.39, 0.29) is 4.90 Å². The summed E-state index contributed by atoms with van der Waals surface area (Å²) < 4.78 is 34.4. The molecule has 1 fully saturated rings. The van der Waals surface area contributed by atoms with Gasteiger partial charge in [-0.2, -0.15) is 9.40 Å². The number of anilines is 1. The Morgan fingerprint density at radius 2 is 1.75 bits per heavy atom. The van der Waals surface area contributed by atoms with Gasteiger partial charge in [0.05, 0.1) is 7.11 Å². The summed E-state index contributed by atoms with van der Waals surface area (Å²) in [6, 6.07) is 10.3. The summed E-state index contributed by atoms with van der Waals surface area (Å²) in [6.07, 6.45) is 4.98. The molecule has 0 saturated carbocycles. The first-order valence-corrected chi connectivity index (χ1v) is 10.2. The van der Waals surface area contributed by atoms with Gasteiger partial charge in [0, 0.05) is 44.6 Å². The third kappa shape index (κ3) is 3.43. The predicted molar refractivity (Wildman–Crippen MR) is 103 cm³/mol. The van der Waals surface area contributed by atoms with E-state index in [2.05, 4.69) is 15.1 Å². The van der Waals surface area contributed by atoms with Crippen LogP contribution >= 0.6 is 0 Å². The summed E-state index contributed by atoms with van der Waals surface area (Å²) in [4.78, 5) is 10.8. The largest absolute Gasteiger partial charge is 0.495 e. The van der Waals surface area contributed by atoms with Gasteiger partial charge < -0.3 is 9.64 Å². The summed E-state index contributed by atoms with van der Waals surface area (Å²) in [5.41, 5.74) is 0. The van der Waals surface area contributed by atoms with E-state index in [1.807, 2.05) is 23.2 Å². The number of piperazine rings is 1. The van der Waals surface area contributed by atoms with Crippen molar-refractivity contribution in [2.24, 2.45) is 0 Å². The number of aromatic nitrogens is 4. The van der Waals surface area contributed by atoms with E-state index in [0.29, 0.717) is 37.7 Å². The molecule has 3 heterocycles. The van der Waals surface area contributed by atoms with Crippen LogP contribution in [0.1, 0.15) is 0 Å². The Labute approximate surface area is 163 Å². The summed E-state index contributed by atoms with van der Waals surface area (Å²) in [5, 5.41) is 4.18. The van der Waals surface area contributed by atoms with Crippen LogP contribution in [0, 0.1) is 0 Å². The van der Waals surface area contributed by atoms with Gasteiger partial charge in [0.15, 0.2) is 5.82 Å². The van der Waals surface area contributed by atoms with Gasteiger partial charge in [-0.25, -0.2) is 23.1 Å². The second kappa shape index (κ2) is 7.56. The maximum Gasteiger partial charge on any atom is 0.246 e. The van der Waals surface area contributed by atoms with Crippen LogP contribution in [0.5, 0.6) is 5.75 Å². The van der Waals surface area contributed by atoms with Crippen molar-refractivity contribution >= 4 is 15.8 Å². The highest BCUT2D eigenvalue weighted by Gasteiger charge is 2.31. The molecule has 9 nitrogen and oxygen atoms in total. The van der Waals surface area contributed by atoms with Crippen LogP contribution in [0.3, 0.4) is 0 Å². The predicted octanol–water partition coefficient (Wildman–Crippen LogP) is 1.18. The fourth-order valence-corrected chi connectivity index (χ4v) is 4.75. The molecule has 0 bridgehead atoms. The average Bonchev–Trinajstić information content (AvgIpc) is 3.29. The molecule has 28 heavy (non-hydrogen) atoms. The molecule has 0 amide bonds. The smallest absolute Gasteiger partial charge is 0.246 e. The Bertz CT molecular complexity index is 1050. The van der Waals surface area contributed by atoms with Crippen LogP contribution in [0.25, 0.3) is 5.82 Å². The van der Waals surface area contributed by atoms with Crippen LogP contribution < -0.4 is 9.64 Å². The van der Waals surface area contributed by atoms with E-state index in [1.54, 1.807) is 35.1 Å². The van der Waals surface area contributed by atoms with Gasteiger partial charge >= 0.3 is 0 Å². The highest BCUT2D eigenvalue weighted by Crippen LogP contribution is 2.27. The third-order valence-corrected chi connectivity index (χ3v) is 6.56. The Morgan fingerprint density at radius 3 is 2.46 bits per heavy atom. The molecule has 1 saturated heterocycles. The molecule has 0 unspecified atom stereocenters. The van der Waals surface area contributed by atoms with Crippen molar-refractivity contribution in [1.82, 2.24) is 24.1 Å². The molecule has 1 aliphatic heterocycles. The number of para-hydroxylation sites is 1. The lowest BCUT2D eigenvalue weighted by molar-refractivity contribution is 0.373. The molecule has 1 aromatic carbocycles. The Morgan fingerprint density at radius 1 is 1.00 bits per heavy atom. The molecule has 0 N–H and O–H groups in total. The Balaban J connectivity index is 1.50. The highest BCUT2D eigenvalue weighted by atomic mass is 32.2. The topological polar surface area (TPSA) is 93.5 Å². The minimum absolute atomic E-state index is 0.189. The molecular formula is C18H20N6O3S. The van der Waals surface area contributed by atoms with Gasteiger partial charge in [0.2, 0.25) is 10.0 Å². The van der Waals surface area contributed by atoms with Crippen molar-refractivity contribution in [2.75, 3.05) is 38.2 Å². The van der Waals surface area contributed by atoms with Crippen LogP contribution in [0.15, 0.2) is 60.0 Å². The number of rotatable bonds is 5. The minimum atomic E-state index is -3.62. The molecule has 1 aliphatic rings. The normalized spacial score (nSPS) is 15.5. The van der Waals surface area contributed by atoms with Crippen molar-refractivity contribution in [1.29, 1.82) is 0 Å². The summed E-state index contributed by atoms with van der Waals surface area (Å²) in [7, 11) is -2.15.